The lowest BCUT2D eigenvalue weighted by Gasteiger charge is -1.95. The summed E-state index contributed by atoms with van der Waals surface area (Å²) >= 11 is 0. The third-order valence-electron chi connectivity index (χ3n) is 1.63. The number of halogens is 1. The van der Waals surface area contributed by atoms with Gasteiger partial charge in [0.1, 0.15) is 6.54 Å². The number of pyridine rings is 1. The average Bonchev–Trinajstić information content (AvgIpc) is 1.94. The van der Waals surface area contributed by atoms with Crippen LogP contribution in [-0.2, 0) is 6.54 Å². The molecule has 2 heteroatoms. The number of aromatic nitrogens is 1. The van der Waals surface area contributed by atoms with E-state index >= 15 is 0 Å². The first-order valence-electron chi connectivity index (χ1n) is 3.79. The van der Waals surface area contributed by atoms with Crippen LogP contribution >= 0.6 is 0 Å². The van der Waals surface area contributed by atoms with E-state index < -0.39 is 0 Å². The molecule has 0 saturated heterocycles. The Labute approximate surface area is 74.5 Å². The summed E-state index contributed by atoms with van der Waals surface area (Å²) < 4.78 is 2.26. The van der Waals surface area contributed by atoms with Crippen LogP contribution in [0.4, 0.5) is 0 Å². The van der Waals surface area contributed by atoms with Gasteiger partial charge in [0, 0.05) is 25.5 Å². The number of nitrogens with zero attached hydrogens (tertiary/aromatic N) is 1. The predicted molar refractivity (Wildman–Crippen MR) is 41.7 cm³/mol. The molecule has 0 saturated carbocycles. The molecular weight excluding hydrogens is 158 g/mol. The van der Waals surface area contributed by atoms with Gasteiger partial charge in [0.25, 0.3) is 0 Å². The molecule has 1 nitrogen and oxygen atoms in total. The van der Waals surface area contributed by atoms with Crippen LogP contribution < -0.4 is 17.0 Å². The molecule has 0 atom stereocenters. The van der Waals surface area contributed by atoms with Crippen LogP contribution in [0.1, 0.15) is 19.0 Å². The highest BCUT2D eigenvalue weighted by atomic mass is 35.5. The van der Waals surface area contributed by atoms with Crippen molar-refractivity contribution < 1.29 is 17.0 Å². The lowest BCUT2D eigenvalue weighted by molar-refractivity contribution is -0.702. The average molecular weight is 172 g/mol. The molecule has 0 fully saturated rings. The molecule has 0 spiro atoms. The van der Waals surface area contributed by atoms with Gasteiger partial charge in [0.15, 0.2) is 11.9 Å². The van der Waals surface area contributed by atoms with Gasteiger partial charge < -0.3 is 12.4 Å². The summed E-state index contributed by atoms with van der Waals surface area (Å²) in [4.78, 5) is 0. The first kappa shape index (κ1) is 10.4. The molecule has 11 heavy (non-hydrogen) atoms. The van der Waals surface area contributed by atoms with Crippen molar-refractivity contribution in [3.8, 4) is 0 Å². The fourth-order valence-corrected chi connectivity index (χ4v) is 1.05. The topological polar surface area (TPSA) is 3.88 Å². The summed E-state index contributed by atoms with van der Waals surface area (Å²) in [5, 5.41) is 0. The van der Waals surface area contributed by atoms with Gasteiger partial charge in [-0.15, -0.1) is 0 Å². The number of aryl methyl sites for hydroxylation is 2. The SMILES string of the molecule is CCC[n+]1ccccc1C.[Cl-]. The number of hydrogen-bond acceptors (Lipinski definition) is 0. The van der Waals surface area contributed by atoms with Crippen molar-refractivity contribution in [2.24, 2.45) is 0 Å². The molecule has 0 aromatic carbocycles. The molecule has 0 aliphatic heterocycles. The maximum atomic E-state index is 2.26. The zero-order valence-electron chi connectivity index (χ0n) is 7.05. The lowest BCUT2D eigenvalue weighted by atomic mass is 10.3. The summed E-state index contributed by atoms with van der Waals surface area (Å²) in [6, 6.07) is 6.28. The second-order valence-corrected chi connectivity index (χ2v) is 2.54. The Morgan fingerprint density at radius 2 is 2.09 bits per heavy atom. The highest BCUT2D eigenvalue weighted by Crippen LogP contribution is 1.87. The normalized spacial score (nSPS) is 8.91. The zero-order valence-corrected chi connectivity index (χ0v) is 7.80. The minimum atomic E-state index is 0. The molecule has 0 amide bonds. The summed E-state index contributed by atoms with van der Waals surface area (Å²) in [6.45, 7) is 5.46. The van der Waals surface area contributed by atoms with Gasteiger partial charge in [-0.3, -0.25) is 0 Å². The van der Waals surface area contributed by atoms with Crippen LogP contribution in [0, 0.1) is 6.92 Å². The summed E-state index contributed by atoms with van der Waals surface area (Å²) in [5.41, 5.74) is 1.34. The minimum Gasteiger partial charge on any atom is -1.00 e. The molecule has 1 heterocycles. The molecular formula is C9H14ClN. The smallest absolute Gasteiger partial charge is 0.178 e. The molecule has 0 bridgehead atoms. The van der Waals surface area contributed by atoms with Crippen molar-refractivity contribution in [3.05, 3.63) is 30.1 Å². The first-order chi connectivity index (χ1) is 4.84. The van der Waals surface area contributed by atoms with Crippen molar-refractivity contribution >= 4 is 0 Å². The van der Waals surface area contributed by atoms with Crippen LogP contribution in [0.25, 0.3) is 0 Å². The van der Waals surface area contributed by atoms with E-state index in [0.717, 1.165) is 6.54 Å². The number of hydrogen-bond donors (Lipinski definition) is 0. The molecule has 0 radical (unpaired) electrons. The zero-order chi connectivity index (χ0) is 7.40. The first-order valence-corrected chi connectivity index (χ1v) is 3.79. The van der Waals surface area contributed by atoms with E-state index in [1.807, 2.05) is 0 Å². The minimum absolute atomic E-state index is 0. The Bertz CT molecular complexity index is 210. The maximum Gasteiger partial charge on any atom is 0.178 e. The standard InChI is InChI=1S/C9H14N.ClH/c1-3-7-10-8-5-4-6-9(10)2;/h4-6,8H,3,7H2,1-2H3;1H/q+1;/p-1. The van der Waals surface area contributed by atoms with E-state index in [-0.39, 0.29) is 12.4 Å². The van der Waals surface area contributed by atoms with Crippen LogP contribution in [0.3, 0.4) is 0 Å². The van der Waals surface area contributed by atoms with E-state index in [1.54, 1.807) is 0 Å². The highest BCUT2D eigenvalue weighted by molar-refractivity contribution is 4.93. The van der Waals surface area contributed by atoms with Crippen molar-refractivity contribution in [3.63, 3.8) is 0 Å². The van der Waals surface area contributed by atoms with Crippen molar-refractivity contribution in [1.29, 1.82) is 0 Å². The summed E-state index contributed by atoms with van der Waals surface area (Å²) in [5.74, 6) is 0. The Balaban J connectivity index is 0.000001000. The quantitative estimate of drug-likeness (QED) is 0.487. The van der Waals surface area contributed by atoms with E-state index in [9.17, 15) is 0 Å². The fraction of sp³-hybridized carbons (Fsp3) is 0.444. The van der Waals surface area contributed by atoms with Gasteiger partial charge in [0.05, 0.1) is 0 Å². The Morgan fingerprint density at radius 1 is 1.36 bits per heavy atom. The van der Waals surface area contributed by atoms with E-state index in [2.05, 4.69) is 42.8 Å². The predicted octanol–water partition coefficient (Wildman–Crippen LogP) is -1.30. The third-order valence-corrected chi connectivity index (χ3v) is 1.63. The summed E-state index contributed by atoms with van der Waals surface area (Å²) in [7, 11) is 0. The van der Waals surface area contributed by atoms with Crippen LogP contribution in [0.2, 0.25) is 0 Å². The van der Waals surface area contributed by atoms with E-state index in [0.29, 0.717) is 0 Å². The van der Waals surface area contributed by atoms with Gasteiger partial charge in [-0.05, 0) is 0 Å². The molecule has 62 valence electrons. The van der Waals surface area contributed by atoms with Crippen molar-refractivity contribution in [1.82, 2.24) is 0 Å². The van der Waals surface area contributed by atoms with Crippen LogP contribution in [0.15, 0.2) is 24.4 Å². The van der Waals surface area contributed by atoms with Crippen molar-refractivity contribution in [2.45, 2.75) is 26.8 Å². The van der Waals surface area contributed by atoms with Gasteiger partial charge in [-0.25, -0.2) is 4.57 Å². The second kappa shape index (κ2) is 5.14. The third kappa shape index (κ3) is 2.89. The van der Waals surface area contributed by atoms with Crippen LogP contribution in [0.5, 0.6) is 0 Å². The fourth-order valence-electron chi connectivity index (χ4n) is 1.05. The Morgan fingerprint density at radius 3 is 2.64 bits per heavy atom. The molecule has 1 aromatic rings. The molecule has 1 rings (SSSR count). The monoisotopic (exact) mass is 171 g/mol. The molecule has 0 aliphatic carbocycles. The van der Waals surface area contributed by atoms with E-state index in [4.69, 9.17) is 0 Å². The lowest BCUT2D eigenvalue weighted by Crippen LogP contribution is -3.00. The second-order valence-electron chi connectivity index (χ2n) is 2.54. The Hall–Kier alpha value is -0.560. The van der Waals surface area contributed by atoms with Gasteiger partial charge in [-0.1, -0.05) is 13.0 Å². The number of rotatable bonds is 2. The molecule has 1 aromatic heterocycles. The van der Waals surface area contributed by atoms with Crippen LogP contribution in [-0.4, -0.2) is 0 Å². The largest absolute Gasteiger partial charge is 1.00 e. The van der Waals surface area contributed by atoms with Crippen molar-refractivity contribution in [2.75, 3.05) is 0 Å². The van der Waals surface area contributed by atoms with E-state index in [1.165, 1.54) is 12.1 Å². The maximum absolute atomic E-state index is 2.26. The van der Waals surface area contributed by atoms with Gasteiger partial charge in [0.2, 0.25) is 0 Å². The van der Waals surface area contributed by atoms with Gasteiger partial charge in [-0.2, -0.15) is 0 Å². The summed E-state index contributed by atoms with van der Waals surface area (Å²) in [6.07, 6.45) is 3.33. The molecule has 0 N–H and O–H groups in total. The van der Waals surface area contributed by atoms with Gasteiger partial charge >= 0.3 is 0 Å². The highest BCUT2D eigenvalue weighted by Gasteiger charge is 1.99. The molecule has 0 aliphatic rings. The molecule has 0 unspecified atom stereocenters. The Kier molecular flexibility index (Phi) is 4.88.